The molecule has 0 aliphatic carbocycles. The minimum atomic E-state index is -0.638. The molecule has 0 saturated carbocycles. The molecule has 0 bridgehead atoms. The smallest absolute Gasteiger partial charge is 0.101 e. The van der Waals surface area contributed by atoms with Crippen molar-refractivity contribution in [1.29, 1.82) is 5.26 Å². The molecule has 17 heavy (non-hydrogen) atoms. The maximum absolute atomic E-state index is 8.84. The summed E-state index contributed by atoms with van der Waals surface area (Å²) in [5.41, 5.74) is 5.18. The molecule has 1 heterocycles. The first-order chi connectivity index (χ1) is 8.00. The Kier molecular flexibility index (Phi) is 5.42. The first-order valence-electron chi connectivity index (χ1n) is 6.96. The van der Waals surface area contributed by atoms with E-state index in [9.17, 15) is 0 Å². The van der Waals surface area contributed by atoms with Gasteiger partial charge in [0.15, 0.2) is 0 Å². The van der Waals surface area contributed by atoms with Crippen molar-refractivity contribution in [2.24, 2.45) is 5.73 Å². The highest BCUT2D eigenvalue weighted by molar-refractivity contribution is 5.00. The molecule has 98 valence electrons. The molecule has 1 saturated heterocycles. The maximum atomic E-state index is 8.84. The van der Waals surface area contributed by atoms with Crippen molar-refractivity contribution in [3.8, 4) is 6.07 Å². The third-order valence-electron chi connectivity index (χ3n) is 4.04. The highest BCUT2D eigenvalue weighted by Crippen LogP contribution is 2.26. The van der Waals surface area contributed by atoms with Gasteiger partial charge in [-0.25, -0.2) is 0 Å². The molecule has 3 nitrogen and oxygen atoms in total. The lowest BCUT2D eigenvalue weighted by atomic mass is 9.98. The molecule has 3 heteroatoms. The number of likely N-dealkylation sites (tertiary alicyclic amines) is 1. The quantitative estimate of drug-likeness (QED) is 0.723. The molecule has 1 aliphatic rings. The van der Waals surface area contributed by atoms with Crippen LogP contribution in [0.2, 0.25) is 0 Å². The number of hydrogen-bond acceptors (Lipinski definition) is 3. The Labute approximate surface area is 106 Å². The second-order valence-electron chi connectivity index (χ2n) is 5.71. The first kappa shape index (κ1) is 14.5. The predicted molar refractivity (Wildman–Crippen MR) is 71.5 cm³/mol. The van der Waals surface area contributed by atoms with Crippen LogP contribution in [-0.2, 0) is 0 Å². The summed E-state index contributed by atoms with van der Waals surface area (Å²) in [6, 6.07) is 3.68. The summed E-state index contributed by atoms with van der Waals surface area (Å²) >= 11 is 0. The molecule has 0 amide bonds. The zero-order chi connectivity index (χ0) is 12.9. The van der Waals surface area contributed by atoms with Crippen LogP contribution in [0.5, 0.6) is 0 Å². The molecule has 1 aliphatic heterocycles. The van der Waals surface area contributed by atoms with Crippen LogP contribution in [0, 0.1) is 11.3 Å². The molecule has 0 aromatic carbocycles. The predicted octanol–water partition coefficient (Wildman–Crippen LogP) is 2.66. The summed E-state index contributed by atoms with van der Waals surface area (Å²) in [6.07, 6.45) is 6.98. The van der Waals surface area contributed by atoms with Crippen molar-refractivity contribution in [3.05, 3.63) is 0 Å². The Morgan fingerprint density at radius 1 is 1.41 bits per heavy atom. The van der Waals surface area contributed by atoms with Crippen LogP contribution < -0.4 is 5.73 Å². The second kappa shape index (κ2) is 6.37. The molecule has 0 aromatic heterocycles. The lowest BCUT2D eigenvalue weighted by Gasteiger charge is -2.28. The van der Waals surface area contributed by atoms with Crippen molar-refractivity contribution in [1.82, 2.24) is 4.90 Å². The molecule has 0 spiro atoms. The van der Waals surface area contributed by atoms with Crippen molar-refractivity contribution >= 4 is 0 Å². The largest absolute Gasteiger partial charge is 0.314 e. The van der Waals surface area contributed by atoms with Crippen LogP contribution in [-0.4, -0.2) is 29.1 Å². The molecule has 1 fully saturated rings. The van der Waals surface area contributed by atoms with Gasteiger partial charge in [0.2, 0.25) is 0 Å². The SMILES string of the molecule is CCC1CCC(C)N1CCCCC(C)(N)C#N. The number of nitrogens with two attached hydrogens (primary N) is 1. The highest BCUT2D eigenvalue weighted by Gasteiger charge is 2.28. The monoisotopic (exact) mass is 237 g/mol. The van der Waals surface area contributed by atoms with Gasteiger partial charge in [-0.1, -0.05) is 6.92 Å². The van der Waals surface area contributed by atoms with Gasteiger partial charge >= 0.3 is 0 Å². The van der Waals surface area contributed by atoms with E-state index >= 15 is 0 Å². The van der Waals surface area contributed by atoms with E-state index in [-0.39, 0.29) is 0 Å². The highest BCUT2D eigenvalue weighted by atomic mass is 15.2. The normalized spacial score (nSPS) is 28.9. The van der Waals surface area contributed by atoms with E-state index in [0.29, 0.717) is 0 Å². The van der Waals surface area contributed by atoms with Crippen LogP contribution >= 0.6 is 0 Å². The number of nitriles is 1. The van der Waals surface area contributed by atoms with Crippen LogP contribution in [0.15, 0.2) is 0 Å². The summed E-state index contributed by atoms with van der Waals surface area (Å²) in [7, 11) is 0. The average molecular weight is 237 g/mol. The first-order valence-corrected chi connectivity index (χ1v) is 6.96. The van der Waals surface area contributed by atoms with E-state index in [4.69, 9.17) is 11.0 Å². The van der Waals surface area contributed by atoms with Gasteiger partial charge in [-0.3, -0.25) is 4.90 Å². The van der Waals surface area contributed by atoms with E-state index in [2.05, 4.69) is 24.8 Å². The summed E-state index contributed by atoms with van der Waals surface area (Å²) in [6.45, 7) is 7.60. The van der Waals surface area contributed by atoms with Gasteiger partial charge in [0, 0.05) is 12.1 Å². The Morgan fingerprint density at radius 2 is 2.12 bits per heavy atom. The van der Waals surface area contributed by atoms with Gasteiger partial charge in [0.25, 0.3) is 0 Å². The summed E-state index contributed by atoms with van der Waals surface area (Å²) in [5, 5.41) is 8.84. The Morgan fingerprint density at radius 3 is 2.71 bits per heavy atom. The molecular weight excluding hydrogens is 210 g/mol. The molecule has 1 rings (SSSR count). The average Bonchev–Trinajstić information content (AvgIpc) is 2.66. The number of unbranched alkanes of at least 4 members (excludes halogenated alkanes) is 1. The van der Waals surface area contributed by atoms with E-state index in [0.717, 1.165) is 31.3 Å². The van der Waals surface area contributed by atoms with Gasteiger partial charge in [-0.05, 0) is 58.9 Å². The molecule has 3 unspecified atom stereocenters. The molecule has 0 aromatic rings. The third kappa shape index (κ3) is 4.29. The summed E-state index contributed by atoms with van der Waals surface area (Å²) in [5.74, 6) is 0. The van der Waals surface area contributed by atoms with E-state index in [1.54, 1.807) is 0 Å². The van der Waals surface area contributed by atoms with Gasteiger partial charge in [0.05, 0.1) is 6.07 Å². The fourth-order valence-corrected chi connectivity index (χ4v) is 2.81. The fourth-order valence-electron chi connectivity index (χ4n) is 2.81. The van der Waals surface area contributed by atoms with Crippen LogP contribution in [0.25, 0.3) is 0 Å². The number of hydrogen-bond donors (Lipinski definition) is 1. The fraction of sp³-hybridized carbons (Fsp3) is 0.929. The van der Waals surface area contributed by atoms with E-state index < -0.39 is 5.54 Å². The number of rotatable bonds is 6. The van der Waals surface area contributed by atoms with Crippen LogP contribution in [0.1, 0.15) is 59.3 Å². The van der Waals surface area contributed by atoms with Gasteiger partial charge in [-0.15, -0.1) is 0 Å². The maximum Gasteiger partial charge on any atom is 0.101 e. The van der Waals surface area contributed by atoms with Crippen molar-refractivity contribution in [2.45, 2.75) is 76.9 Å². The van der Waals surface area contributed by atoms with Crippen LogP contribution in [0.3, 0.4) is 0 Å². The van der Waals surface area contributed by atoms with Crippen molar-refractivity contribution < 1.29 is 0 Å². The molecule has 2 N–H and O–H groups in total. The second-order valence-corrected chi connectivity index (χ2v) is 5.71. The molecule has 0 radical (unpaired) electrons. The van der Waals surface area contributed by atoms with Crippen molar-refractivity contribution in [2.75, 3.05) is 6.54 Å². The lowest BCUT2D eigenvalue weighted by Crippen LogP contribution is -2.36. The molecular formula is C14H27N3. The minimum Gasteiger partial charge on any atom is -0.314 e. The topological polar surface area (TPSA) is 53.0 Å². The number of nitrogens with zero attached hydrogens (tertiary/aromatic N) is 2. The third-order valence-corrected chi connectivity index (χ3v) is 4.04. The Balaban J connectivity index is 2.24. The van der Waals surface area contributed by atoms with Gasteiger partial charge in [-0.2, -0.15) is 5.26 Å². The van der Waals surface area contributed by atoms with E-state index in [1.165, 1.54) is 25.8 Å². The zero-order valence-electron chi connectivity index (χ0n) is 11.6. The van der Waals surface area contributed by atoms with Gasteiger partial charge < -0.3 is 5.73 Å². The molecule has 3 atom stereocenters. The summed E-state index contributed by atoms with van der Waals surface area (Å²) < 4.78 is 0. The van der Waals surface area contributed by atoms with Crippen molar-refractivity contribution in [3.63, 3.8) is 0 Å². The Bertz CT molecular complexity index is 267. The minimum absolute atomic E-state index is 0.638. The zero-order valence-corrected chi connectivity index (χ0v) is 11.6. The standard InChI is InChI=1S/C14H27N3/c1-4-13-8-7-12(2)17(13)10-6-5-9-14(3,16)11-15/h12-13H,4-10,16H2,1-3H3. The lowest BCUT2D eigenvalue weighted by molar-refractivity contribution is 0.193. The van der Waals surface area contributed by atoms with E-state index in [1.807, 2.05) is 6.92 Å². The van der Waals surface area contributed by atoms with Gasteiger partial charge in [0.1, 0.15) is 5.54 Å². The Hall–Kier alpha value is -0.590. The summed E-state index contributed by atoms with van der Waals surface area (Å²) in [4.78, 5) is 2.64. The van der Waals surface area contributed by atoms with Crippen LogP contribution in [0.4, 0.5) is 0 Å².